The number of nitrogen functional groups attached to an aromatic ring is 1. The third-order valence-corrected chi connectivity index (χ3v) is 3.16. The normalized spacial score (nSPS) is 10.6. The molecule has 1 rings (SSSR count). The first kappa shape index (κ1) is 13.9. The molecule has 0 aliphatic rings. The van der Waals surface area contributed by atoms with Crippen molar-refractivity contribution in [2.45, 2.75) is 19.9 Å². The number of aromatic nitrogens is 1. The van der Waals surface area contributed by atoms with Gasteiger partial charge in [-0.05, 0) is 13.0 Å². The third kappa shape index (κ3) is 4.68. The summed E-state index contributed by atoms with van der Waals surface area (Å²) in [6, 6.07) is 0. The first-order chi connectivity index (χ1) is 8.19. The van der Waals surface area contributed by atoms with Crippen molar-refractivity contribution in [1.29, 1.82) is 0 Å². The van der Waals surface area contributed by atoms with E-state index >= 15 is 0 Å². The lowest BCUT2D eigenvalue weighted by Crippen LogP contribution is -2.35. The van der Waals surface area contributed by atoms with E-state index < -0.39 is 0 Å². The second-order valence-electron chi connectivity index (χ2n) is 3.66. The number of hydrogen-bond donors (Lipinski definition) is 3. The van der Waals surface area contributed by atoms with Crippen molar-refractivity contribution in [1.82, 2.24) is 15.2 Å². The quantitative estimate of drug-likeness (QED) is 0.486. The number of nitrogens with zero attached hydrogens (tertiary/aromatic N) is 2. The molecule has 0 bridgehead atoms. The standard InChI is InChI=1S/C10H19N5OS/c1-3-4-15(7-9(16)12-2)6-8-5-13-10(14-11)17-8/h5H,3-4,6-7,11H2,1-2H3,(H,12,16)(H,13,14). The van der Waals surface area contributed by atoms with E-state index in [-0.39, 0.29) is 5.91 Å². The molecule has 1 aromatic heterocycles. The molecular formula is C10H19N5OS. The van der Waals surface area contributed by atoms with Gasteiger partial charge in [-0.15, -0.1) is 0 Å². The van der Waals surface area contributed by atoms with Crippen LogP contribution in [0.15, 0.2) is 6.20 Å². The monoisotopic (exact) mass is 257 g/mol. The van der Waals surface area contributed by atoms with Crippen LogP contribution in [0.2, 0.25) is 0 Å². The Morgan fingerprint density at radius 3 is 2.94 bits per heavy atom. The van der Waals surface area contributed by atoms with Gasteiger partial charge in [0.1, 0.15) is 0 Å². The molecule has 17 heavy (non-hydrogen) atoms. The largest absolute Gasteiger partial charge is 0.358 e. The lowest BCUT2D eigenvalue weighted by atomic mass is 10.3. The van der Waals surface area contributed by atoms with Crippen LogP contribution >= 0.6 is 11.3 Å². The van der Waals surface area contributed by atoms with Crippen LogP contribution in [0.25, 0.3) is 0 Å². The first-order valence-corrected chi connectivity index (χ1v) is 6.35. The highest BCUT2D eigenvalue weighted by atomic mass is 32.1. The molecule has 96 valence electrons. The number of nitrogens with two attached hydrogens (primary N) is 1. The molecule has 7 heteroatoms. The number of nitrogens with one attached hydrogen (secondary N) is 2. The smallest absolute Gasteiger partial charge is 0.233 e. The number of carbonyl (C=O) groups is 1. The summed E-state index contributed by atoms with van der Waals surface area (Å²) in [6.07, 6.45) is 2.80. The molecule has 0 saturated heterocycles. The van der Waals surface area contributed by atoms with Gasteiger partial charge < -0.3 is 5.32 Å². The van der Waals surface area contributed by atoms with Crippen LogP contribution in [0, 0.1) is 0 Å². The van der Waals surface area contributed by atoms with Crippen molar-refractivity contribution in [2.24, 2.45) is 5.84 Å². The predicted octanol–water partition coefficient (Wildman–Crippen LogP) is 0.387. The third-order valence-electron chi connectivity index (χ3n) is 2.24. The van der Waals surface area contributed by atoms with E-state index in [1.165, 1.54) is 11.3 Å². The summed E-state index contributed by atoms with van der Waals surface area (Å²) in [5, 5.41) is 3.32. The topological polar surface area (TPSA) is 83.3 Å². The second kappa shape index (κ2) is 7.21. The molecule has 1 aromatic rings. The summed E-state index contributed by atoms with van der Waals surface area (Å²) in [4.78, 5) is 18.6. The highest BCUT2D eigenvalue weighted by Gasteiger charge is 2.11. The first-order valence-electron chi connectivity index (χ1n) is 5.53. The summed E-state index contributed by atoms with van der Waals surface area (Å²) in [6.45, 7) is 4.11. The SMILES string of the molecule is CCCN(CC(=O)NC)Cc1cnc(NN)s1. The Morgan fingerprint density at radius 1 is 1.65 bits per heavy atom. The Hall–Kier alpha value is -1.18. The predicted molar refractivity (Wildman–Crippen MR) is 69.6 cm³/mol. The van der Waals surface area contributed by atoms with Crippen molar-refractivity contribution < 1.29 is 4.79 Å². The van der Waals surface area contributed by atoms with E-state index in [1.54, 1.807) is 13.2 Å². The fourth-order valence-corrected chi connectivity index (χ4v) is 2.25. The van der Waals surface area contributed by atoms with Crippen LogP contribution in [0.1, 0.15) is 18.2 Å². The molecular weight excluding hydrogens is 238 g/mol. The van der Waals surface area contributed by atoms with Gasteiger partial charge in [-0.3, -0.25) is 15.1 Å². The van der Waals surface area contributed by atoms with Crippen LogP contribution in [0.5, 0.6) is 0 Å². The molecule has 0 fully saturated rings. The number of rotatable bonds is 7. The molecule has 0 unspecified atom stereocenters. The van der Waals surface area contributed by atoms with Crippen LogP contribution in [-0.4, -0.2) is 35.9 Å². The average molecular weight is 257 g/mol. The zero-order chi connectivity index (χ0) is 12.7. The molecule has 0 atom stereocenters. The highest BCUT2D eigenvalue weighted by Crippen LogP contribution is 2.18. The minimum atomic E-state index is 0.0279. The molecule has 0 aliphatic carbocycles. The van der Waals surface area contributed by atoms with Crippen LogP contribution in [0.3, 0.4) is 0 Å². The van der Waals surface area contributed by atoms with Gasteiger partial charge in [-0.25, -0.2) is 10.8 Å². The minimum Gasteiger partial charge on any atom is -0.358 e. The van der Waals surface area contributed by atoms with Crippen LogP contribution in [-0.2, 0) is 11.3 Å². The number of amides is 1. The molecule has 0 aromatic carbocycles. The van der Waals surface area contributed by atoms with E-state index in [2.05, 4.69) is 27.6 Å². The summed E-state index contributed by atoms with van der Waals surface area (Å²) in [7, 11) is 1.65. The highest BCUT2D eigenvalue weighted by molar-refractivity contribution is 7.15. The molecule has 6 nitrogen and oxygen atoms in total. The molecule has 4 N–H and O–H groups in total. The van der Waals surface area contributed by atoms with Gasteiger partial charge in [-0.2, -0.15) is 0 Å². The maximum atomic E-state index is 11.4. The van der Waals surface area contributed by atoms with Crippen molar-refractivity contribution in [3.05, 3.63) is 11.1 Å². The maximum Gasteiger partial charge on any atom is 0.233 e. The Bertz CT molecular complexity index is 354. The lowest BCUT2D eigenvalue weighted by Gasteiger charge is -2.19. The molecule has 0 spiro atoms. The van der Waals surface area contributed by atoms with Gasteiger partial charge in [0.15, 0.2) is 5.13 Å². The van der Waals surface area contributed by atoms with E-state index in [1.807, 2.05) is 0 Å². The van der Waals surface area contributed by atoms with E-state index in [4.69, 9.17) is 5.84 Å². The van der Waals surface area contributed by atoms with E-state index in [0.717, 1.165) is 24.4 Å². The molecule has 1 heterocycles. The molecule has 0 radical (unpaired) electrons. The average Bonchev–Trinajstić information content (AvgIpc) is 2.77. The number of hydrazine groups is 1. The second-order valence-corrected chi connectivity index (χ2v) is 4.78. The Labute approximate surface area is 105 Å². The van der Waals surface area contributed by atoms with Gasteiger partial charge >= 0.3 is 0 Å². The van der Waals surface area contributed by atoms with Crippen LogP contribution < -0.4 is 16.6 Å². The zero-order valence-electron chi connectivity index (χ0n) is 10.2. The molecule has 1 amide bonds. The van der Waals surface area contributed by atoms with Gasteiger partial charge in [0.2, 0.25) is 5.91 Å². The van der Waals surface area contributed by atoms with Gasteiger partial charge in [0.25, 0.3) is 0 Å². The Kier molecular flexibility index (Phi) is 5.88. The Balaban J connectivity index is 2.55. The van der Waals surface area contributed by atoms with E-state index in [9.17, 15) is 4.79 Å². The van der Waals surface area contributed by atoms with Crippen molar-refractivity contribution in [2.75, 3.05) is 25.6 Å². The summed E-state index contributed by atoms with van der Waals surface area (Å²) < 4.78 is 0. The van der Waals surface area contributed by atoms with Gasteiger partial charge in [0.05, 0.1) is 6.54 Å². The fourth-order valence-electron chi connectivity index (χ4n) is 1.48. The number of carbonyl (C=O) groups excluding carboxylic acids is 1. The van der Waals surface area contributed by atoms with E-state index in [0.29, 0.717) is 11.7 Å². The lowest BCUT2D eigenvalue weighted by molar-refractivity contribution is -0.121. The molecule has 0 aliphatic heterocycles. The maximum absolute atomic E-state index is 11.4. The van der Waals surface area contributed by atoms with Gasteiger partial charge in [-0.1, -0.05) is 18.3 Å². The fraction of sp³-hybridized carbons (Fsp3) is 0.600. The zero-order valence-corrected chi connectivity index (χ0v) is 11.0. The molecule has 0 saturated carbocycles. The summed E-state index contributed by atoms with van der Waals surface area (Å²) >= 11 is 1.50. The number of hydrogen-bond acceptors (Lipinski definition) is 6. The number of likely N-dealkylation sites (N-methyl/N-ethyl adjacent to an activating group) is 1. The number of anilines is 1. The van der Waals surface area contributed by atoms with Gasteiger partial charge in [0, 0.05) is 24.7 Å². The van der Waals surface area contributed by atoms with Crippen molar-refractivity contribution >= 4 is 22.4 Å². The summed E-state index contributed by atoms with van der Waals surface area (Å²) in [5.74, 6) is 5.30. The van der Waals surface area contributed by atoms with Crippen LogP contribution in [0.4, 0.5) is 5.13 Å². The minimum absolute atomic E-state index is 0.0279. The Morgan fingerprint density at radius 2 is 2.41 bits per heavy atom. The summed E-state index contributed by atoms with van der Waals surface area (Å²) in [5.41, 5.74) is 2.51. The number of thiazole rings is 1. The van der Waals surface area contributed by atoms with Crippen molar-refractivity contribution in [3.63, 3.8) is 0 Å². The van der Waals surface area contributed by atoms with Crippen molar-refractivity contribution in [3.8, 4) is 0 Å².